The first-order valence-electron chi connectivity index (χ1n) is 4.35. The highest BCUT2D eigenvalue weighted by atomic mass is 16.5. The maximum atomic E-state index is 5.84. The van der Waals surface area contributed by atoms with Gasteiger partial charge in [-0.15, -0.1) is 0 Å². The zero-order valence-corrected chi connectivity index (χ0v) is 7.92. The van der Waals surface area contributed by atoms with E-state index in [0.717, 1.165) is 6.42 Å². The molecule has 66 valence electrons. The van der Waals surface area contributed by atoms with E-state index in [4.69, 9.17) is 10.5 Å². The van der Waals surface area contributed by atoms with Crippen LogP contribution in [0, 0.1) is 5.41 Å². The van der Waals surface area contributed by atoms with E-state index in [-0.39, 0.29) is 5.41 Å². The largest absolute Gasteiger partial charge is 0.375 e. The molecule has 2 heteroatoms. The lowest BCUT2D eigenvalue weighted by molar-refractivity contribution is -0.130. The van der Waals surface area contributed by atoms with Gasteiger partial charge in [-0.2, -0.15) is 0 Å². The van der Waals surface area contributed by atoms with Gasteiger partial charge in [-0.25, -0.2) is 0 Å². The summed E-state index contributed by atoms with van der Waals surface area (Å²) in [7, 11) is 0. The molecular formula is C9H19NO. The molecule has 0 unspecified atom stereocenters. The Hall–Kier alpha value is -0.0800. The van der Waals surface area contributed by atoms with Crippen molar-refractivity contribution in [2.45, 2.75) is 52.4 Å². The third kappa shape index (κ3) is 1.57. The number of hydrogen-bond donors (Lipinski definition) is 1. The molecule has 1 aliphatic rings. The lowest BCUT2D eigenvalue weighted by Crippen LogP contribution is -2.59. The maximum absolute atomic E-state index is 5.84. The molecule has 2 N–H and O–H groups in total. The minimum atomic E-state index is 0.185. The summed E-state index contributed by atoms with van der Waals surface area (Å²) in [5, 5.41) is 0. The van der Waals surface area contributed by atoms with Gasteiger partial charge in [-0.1, -0.05) is 13.8 Å². The first-order chi connectivity index (χ1) is 4.94. The highest BCUT2D eigenvalue weighted by Crippen LogP contribution is 2.41. The predicted molar refractivity (Wildman–Crippen MR) is 46.4 cm³/mol. The van der Waals surface area contributed by atoms with Crippen LogP contribution in [0.15, 0.2) is 0 Å². The Kier molecular flexibility index (Phi) is 2.26. The second-order valence-electron chi connectivity index (χ2n) is 4.34. The van der Waals surface area contributed by atoms with Gasteiger partial charge >= 0.3 is 0 Å². The molecule has 0 aromatic heterocycles. The molecule has 2 atom stereocenters. The molecule has 0 amide bonds. The van der Waals surface area contributed by atoms with Crippen molar-refractivity contribution in [2.24, 2.45) is 11.1 Å². The van der Waals surface area contributed by atoms with Gasteiger partial charge in [0.15, 0.2) is 0 Å². The molecule has 1 fully saturated rings. The summed E-state index contributed by atoms with van der Waals surface area (Å²) in [4.78, 5) is 0. The van der Waals surface area contributed by atoms with E-state index in [9.17, 15) is 0 Å². The van der Waals surface area contributed by atoms with Crippen LogP contribution in [0.4, 0.5) is 0 Å². The zero-order valence-electron chi connectivity index (χ0n) is 7.92. The smallest absolute Gasteiger partial charge is 0.0659 e. The summed E-state index contributed by atoms with van der Waals surface area (Å²) < 4.78 is 5.69. The van der Waals surface area contributed by atoms with Gasteiger partial charge in [-0.05, 0) is 20.3 Å². The topological polar surface area (TPSA) is 35.2 Å². The molecular weight excluding hydrogens is 138 g/mol. The Morgan fingerprint density at radius 1 is 1.45 bits per heavy atom. The van der Waals surface area contributed by atoms with Crippen LogP contribution in [0.1, 0.15) is 34.1 Å². The molecule has 1 saturated carbocycles. The van der Waals surface area contributed by atoms with Crippen LogP contribution in [-0.2, 0) is 4.74 Å². The quantitative estimate of drug-likeness (QED) is 0.660. The third-order valence-corrected chi connectivity index (χ3v) is 2.69. The third-order valence-electron chi connectivity index (χ3n) is 2.69. The second-order valence-corrected chi connectivity index (χ2v) is 4.34. The first-order valence-corrected chi connectivity index (χ1v) is 4.35. The van der Waals surface area contributed by atoms with E-state index >= 15 is 0 Å². The van der Waals surface area contributed by atoms with Gasteiger partial charge in [0.05, 0.1) is 12.2 Å². The summed E-state index contributed by atoms with van der Waals surface area (Å²) in [5.74, 6) is 0. The van der Waals surface area contributed by atoms with E-state index in [1.165, 1.54) is 0 Å². The highest BCUT2D eigenvalue weighted by molar-refractivity contribution is 5.00. The van der Waals surface area contributed by atoms with Crippen molar-refractivity contribution < 1.29 is 4.74 Å². The highest BCUT2D eigenvalue weighted by Gasteiger charge is 2.47. The van der Waals surface area contributed by atoms with Crippen molar-refractivity contribution in [2.75, 3.05) is 0 Å². The maximum Gasteiger partial charge on any atom is 0.0659 e. The van der Waals surface area contributed by atoms with Crippen molar-refractivity contribution in [3.63, 3.8) is 0 Å². The Morgan fingerprint density at radius 3 is 2.27 bits per heavy atom. The normalized spacial score (nSPS) is 35.5. The molecule has 0 aliphatic heterocycles. The van der Waals surface area contributed by atoms with Crippen LogP contribution < -0.4 is 5.73 Å². The molecule has 0 spiro atoms. The van der Waals surface area contributed by atoms with Crippen molar-refractivity contribution in [1.82, 2.24) is 0 Å². The Labute approximate surface area is 69.1 Å². The van der Waals surface area contributed by atoms with Crippen LogP contribution in [0.25, 0.3) is 0 Å². The fraction of sp³-hybridized carbons (Fsp3) is 1.00. The zero-order chi connectivity index (χ0) is 8.65. The summed E-state index contributed by atoms with van der Waals surface area (Å²) in [6.45, 7) is 8.49. The van der Waals surface area contributed by atoms with Crippen molar-refractivity contribution in [3.8, 4) is 0 Å². The second kappa shape index (κ2) is 2.76. The van der Waals surface area contributed by atoms with E-state index in [1.54, 1.807) is 0 Å². The van der Waals surface area contributed by atoms with Crippen LogP contribution in [0.3, 0.4) is 0 Å². The standard InChI is InChI=1S/C9H19NO/c1-6(2)11-8-5-7(10)9(8,3)4/h6-8H,5,10H2,1-4H3/t7-,8+/m1/s1. The molecule has 0 radical (unpaired) electrons. The Balaban J connectivity index is 2.40. The number of ether oxygens (including phenoxy) is 1. The fourth-order valence-corrected chi connectivity index (χ4v) is 1.48. The van der Waals surface area contributed by atoms with Crippen LogP contribution in [0.2, 0.25) is 0 Å². The number of hydrogen-bond acceptors (Lipinski definition) is 2. The molecule has 0 heterocycles. The Bertz CT molecular complexity index is 142. The van der Waals surface area contributed by atoms with Crippen molar-refractivity contribution in [1.29, 1.82) is 0 Å². The SMILES string of the molecule is CC(C)O[C@H]1C[C@@H](N)C1(C)C. The molecule has 2 nitrogen and oxygen atoms in total. The molecule has 0 aromatic rings. The van der Waals surface area contributed by atoms with Gasteiger partial charge in [0.2, 0.25) is 0 Å². The van der Waals surface area contributed by atoms with Gasteiger partial charge < -0.3 is 10.5 Å². The van der Waals surface area contributed by atoms with E-state index in [0.29, 0.717) is 18.2 Å². The van der Waals surface area contributed by atoms with Gasteiger partial charge in [0.25, 0.3) is 0 Å². The lowest BCUT2D eigenvalue weighted by atomic mass is 9.65. The first kappa shape index (κ1) is 9.01. The Morgan fingerprint density at radius 2 is 2.00 bits per heavy atom. The van der Waals surface area contributed by atoms with E-state index in [1.807, 2.05) is 0 Å². The molecule has 0 saturated heterocycles. The van der Waals surface area contributed by atoms with Gasteiger partial charge in [0.1, 0.15) is 0 Å². The van der Waals surface area contributed by atoms with E-state index in [2.05, 4.69) is 27.7 Å². The monoisotopic (exact) mass is 157 g/mol. The average Bonchev–Trinajstić information content (AvgIpc) is 1.87. The summed E-state index contributed by atoms with van der Waals surface area (Å²) in [5.41, 5.74) is 6.03. The molecule has 1 rings (SSSR count). The number of nitrogens with two attached hydrogens (primary N) is 1. The minimum absolute atomic E-state index is 0.185. The van der Waals surface area contributed by atoms with Crippen molar-refractivity contribution >= 4 is 0 Å². The molecule has 11 heavy (non-hydrogen) atoms. The average molecular weight is 157 g/mol. The predicted octanol–water partition coefficient (Wildman–Crippen LogP) is 1.54. The van der Waals surface area contributed by atoms with Crippen LogP contribution in [0.5, 0.6) is 0 Å². The minimum Gasteiger partial charge on any atom is -0.375 e. The molecule has 0 aromatic carbocycles. The molecule has 0 bridgehead atoms. The van der Waals surface area contributed by atoms with Crippen LogP contribution >= 0.6 is 0 Å². The fourth-order valence-electron chi connectivity index (χ4n) is 1.48. The van der Waals surface area contributed by atoms with Gasteiger partial charge in [0, 0.05) is 11.5 Å². The molecule has 1 aliphatic carbocycles. The summed E-state index contributed by atoms with van der Waals surface area (Å²) in [6.07, 6.45) is 1.72. The summed E-state index contributed by atoms with van der Waals surface area (Å²) in [6, 6.07) is 0.325. The number of rotatable bonds is 2. The van der Waals surface area contributed by atoms with E-state index < -0.39 is 0 Å². The summed E-state index contributed by atoms with van der Waals surface area (Å²) >= 11 is 0. The van der Waals surface area contributed by atoms with Crippen molar-refractivity contribution in [3.05, 3.63) is 0 Å². The van der Waals surface area contributed by atoms with Gasteiger partial charge in [-0.3, -0.25) is 0 Å². The lowest BCUT2D eigenvalue weighted by Gasteiger charge is -2.50. The van der Waals surface area contributed by atoms with Crippen LogP contribution in [-0.4, -0.2) is 18.2 Å².